The van der Waals surface area contributed by atoms with E-state index >= 15 is 0 Å². The first kappa shape index (κ1) is 11.6. The van der Waals surface area contributed by atoms with Crippen LogP contribution in [0.5, 0.6) is 0 Å². The van der Waals surface area contributed by atoms with E-state index in [2.05, 4.69) is 5.32 Å². The Hall–Kier alpha value is -0.910. The third-order valence-corrected chi connectivity index (χ3v) is 3.54. The van der Waals surface area contributed by atoms with Crippen molar-refractivity contribution in [2.45, 2.75) is 25.0 Å². The van der Waals surface area contributed by atoms with Gasteiger partial charge in [-0.15, -0.1) is 11.3 Å². The Morgan fingerprint density at radius 1 is 1.75 bits per heavy atom. The van der Waals surface area contributed by atoms with Crippen LogP contribution in [0, 0.1) is 0 Å². The molecule has 2 heterocycles. The van der Waals surface area contributed by atoms with Crippen molar-refractivity contribution in [1.82, 2.24) is 5.32 Å². The second-order valence-electron chi connectivity index (χ2n) is 3.78. The largest absolute Gasteiger partial charge is 0.386 e. The molecule has 0 spiro atoms. The minimum Gasteiger partial charge on any atom is -0.386 e. The number of nitrogens with one attached hydrogen (secondary N) is 1. The topological polar surface area (TPSA) is 58.6 Å². The average Bonchev–Trinajstić information content (AvgIpc) is 2.95. The maximum Gasteiger partial charge on any atom is 0.249 e. The van der Waals surface area contributed by atoms with Gasteiger partial charge in [0.1, 0.15) is 12.2 Å². The molecule has 2 atom stereocenters. The molecule has 1 fully saturated rings. The molecule has 0 radical (unpaired) electrons. The Bertz CT molecular complexity index is 333. The van der Waals surface area contributed by atoms with Crippen molar-refractivity contribution in [1.29, 1.82) is 0 Å². The fourth-order valence-electron chi connectivity index (χ4n) is 1.68. The number of rotatable bonds is 4. The Morgan fingerprint density at radius 3 is 3.25 bits per heavy atom. The molecule has 16 heavy (non-hydrogen) atoms. The van der Waals surface area contributed by atoms with E-state index in [1.807, 2.05) is 17.5 Å². The molecule has 1 saturated heterocycles. The van der Waals surface area contributed by atoms with Gasteiger partial charge < -0.3 is 15.2 Å². The molecule has 2 N–H and O–H groups in total. The van der Waals surface area contributed by atoms with Crippen LogP contribution in [0.25, 0.3) is 0 Å². The number of thiophene rings is 1. The number of aliphatic hydroxyl groups excluding tert-OH is 1. The van der Waals surface area contributed by atoms with Gasteiger partial charge in [-0.3, -0.25) is 4.79 Å². The van der Waals surface area contributed by atoms with Gasteiger partial charge in [-0.25, -0.2) is 0 Å². The molecule has 0 saturated carbocycles. The number of ether oxygens (including phenoxy) is 1. The van der Waals surface area contributed by atoms with Gasteiger partial charge in [0.05, 0.1) is 0 Å². The Kier molecular flexibility index (Phi) is 3.93. The third-order valence-electron chi connectivity index (χ3n) is 2.56. The van der Waals surface area contributed by atoms with Crippen LogP contribution in [0.1, 0.15) is 23.8 Å². The van der Waals surface area contributed by atoms with Crippen molar-refractivity contribution in [2.24, 2.45) is 0 Å². The van der Waals surface area contributed by atoms with Crippen LogP contribution in [0.4, 0.5) is 0 Å². The van der Waals surface area contributed by atoms with Crippen molar-refractivity contribution in [3.05, 3.63) is 22.4 Å². The van der Waals surface area contributed by atoms with Crippen molar-refractivity contribution >= 4 is 17.2 Å². The fraction of sp³-hybridized carbons (Fsp3) is 0.545. The van der Waals surface area contributed by atoms with Crippen molar-refractivity contribution in [3.63, 3.8) is 0 Å². The van der Waals surface area contributed by atoms with Crippen LogP contribution in [0.2, 0.25) is 0 Å². The van der Waals surface area contributed by atoms with Gasteiger partial charge in [-0.05, 0) is 24.3 Å². The number of carbonyl (C=O) groups is 1. The summed E-state index contributed by atoms with van der Waals surface area (Å²) >= 11 is 1.48. The average molecular weight is 241 g/mol. The molecule has 1 aliphatic rings. The molecule has 4 nitrogen and oxygen atoms in total. The zero-order valence-electron chi connectivity index (χ0n) is 8.89. The molecule has 5 heteroatoms. The number of hydrogen-bond donors (Lipinski definition) is 2. The molecule has 0 bridgehead atoms. The lowest BCUT2D eigenvalue weighted by atomic mass is 10.2. The minimum absolute atomic E-state index is 0.117. The van der Waals surface area contributed by atoms with E-state index in [4.69, 9.17) is 4.74 Å². The maximum atomic E-state index is 11.6. The van der Waals surface area contributed by atoms with E-state index in [1.165, 1.54) is 11.3 Å². The van der Waals surface area contributed by atoms with Crippen LogP contribution in [-0.2, 0) is 9.53 Å². The highest BCUT2D eigenvalue weighted by Crippen LogP contribution is 2.18. The highest BCUT2D eigenvalue weighted by atomic mass is 32.1. The minimum atomic E-state index is -0.620. The predicted molar refractivity (Wildman–Crippen MR) is 61.3 cm³/mol. The lowest BCUT2D eigenvalue weighted by molar-refractivity contribution is -0.130. The molecule has 88 valence electrons. The molecule has 0 aromatic carbocycles. The first-order valence-corrected chi connectivity index (χ1v) is 6.26. The quantitative estimate of drug-likeness (QED) is 0.829. The zero-order valence-corrected chi connectivity index (χ0v) is 9.70. The summed E-state index contributed by atoms with van der Waals surface area (Å²) in [6, 6.07) is 3.73. The number of amides is 1. The summed E-state index contributed by atoms with van der Waals surface area (Å²) in [4.78, 5) is 12.4. The Balaban J connectivity index is 1.76. The van der Waals surface area contributed by atoms with E-state index in [-0.39, 0.29) is 18.6 Å². The van der Waals surface area contributed by atoms with E-state index in [9.17, 15) is 9.90 Å². The molecular formula is C11H15NO3S. The summed E-state index contributed by atoms with van der Waals surface area (Å²) in [6.07, 6.45) is 0.771. The van der Waals surface area contributed by atoms with E-state index < -0.39 is 6.10 Å². The van der Waals surface area contributed by atoms with Crippen LogP contribution >= 0.6 is 11.3 Å². The summed E-state index contributed by atoms with van der Waals surface area (Å²) in [7, 11) is 0. The maximum absolute atomic E-state index is 11.6. The van der Waals surface area contributed by atoms with E-state index in [0.29, 0.717) is 6.61 Å². The SMILES string of the molecule is O=C(NCC(O)c1cccs1)C1CCCO1. The van der Waals surface area contributed by atoms with Gasteiger partial charge in [-0.1, -0.05) is 6.07 Å². The third kappa shape index (κ3) is 2.81. The standard InChI is InChI=1S/C11H15NO3S/c13-8(10-4-2-6-16-10)7-12-11(14)9-3-1-5-15-9/h2,4,6,8-9,13H,1,3,5,7H2,(H,12,14). The zero-order chi connectivity index (χ0) is 11.4. The Labute approximate surface area is 98.2 Å². The monoisotopic (exact) mass is 241 g/mol. The second-order valence-corrected chi connectivity index (χ2v) is 4.76. The first-order chi connectivity index (χ1) is 7.77. The molecule has 0 aliphatic carbocycles. The molecule has 1 amide bonds. The van der Waals surface area contributed by atoms with Crippen LogP contribution in [0.3, 0.4) is 0 Å². The molecule has 1 aliphatic heterocycles. The summed E-state index contributed by atoms with van der Waals surface area (Å²) in [5.41, 5.74) is 0. The molecule has 1 aromatic rings. The summed E-state index contributed by atoms with van der Waals surface area (Å²) in [6.45, 7) is 0.908. The van der Waals surface area contributed by atoms with Crippen molar-refractivity contribution in [2.75, 3.05) is 13.2 Å². The van der Waals surface area contributed by atoms with Crippen molar-refractivity contribution in [3.8, 4) is 0 Å². The van der Waals surface area contributed by atoms with E-state index in [1.54, 1.807) is 0 Å². The Morgan fingerprint density at radius 2 is 2.62 bits per heavy atom. The predicted octanol–water partition coefficient (Wildman–Crippen LogP) is 1.08. The highest BCUT2D eigenvalue weighted by Gasteiger charge is 2.23. The van der Waals surface area contributed by atoms with Crippen LogP contribution < -0.4 is 5.32 Å². The van der Waals surface area contributed by atoms with Crippen molar-refractivity contribution < 1.29 is 14.6 Å². The van der Waals surface area contributed by atoms with Crippen LogP contribution in [0.15, 0.2) is 17.5 Å². The molecule has 2 rings (SSSR count). The van der Waals surface area contributed by atoms with Gasteiger partial charge in [0.2, 0.25) is 5.91 Å². The summed E-state index contributed by atoms with van der Waals surface area (Å²) in [5.74, 6) is -0.117. The molecule has 2 unspecified atom stereocenters. The van der Waals surface area contributed by atoms with Gasteiger partial charge >= 0.3 is 0 Å². The number of carbonyl (C=O) groups excluding carboxylic acids is 1. The summed E-state index contributed by atoms with van der Waals surface area (Å²) < 4.78 is 5.25. The smallest absolute Gasteiger partial charge is 0.249 e. The first-order valence-electron chi connectivity index (χ1n) is 5.38. The normalized spacial score (nSPS) is 21.9. The van der Waals surface area contributed by atoms with E-state index in [0.717, 1.165) is 17.7 Å². The van der Waals surface area contributed by atoms with Gasteiger partial charge in [0, 0.05) is 18.0 Å². The number of aliphatic hydroxyl groups is 1. The van der Waals surface area contributed by atoms with Crippen LogP contribution in [-0.4, -0.2) is 30.3 Å². The second kappa shape index (κ2) is 5.43. The van der Waals surface area contributed by atoms with Gasteiger partial charge in [0.15, 0.2) is 0 Å². The van der Waals surface area contributed by atoms with Gasteiger partial charge in [0.25, 0.3) is 0 Å². The lowest BCUT2D eigenvalue weighted by Gasteiger charge is -2.13. The molecular weight excluding hydrogens is 226 g/mol. The lowest BCUT2D eigenvalue weighted by Crippen LogP contribution is -2.36. The molecule has 1 aromatic heterocycles. The highest BCUT2D eigenvalue weighted by molar-refractivity contribution is 7.10. The summed E-state index contributed by atoms with van der Waals surface area (Å²) in [5, 5.41) is 14.4. The fourth-order valence-corrected chi connectivity index (χ4v) is 2.39. The van der Waals surface area contributed by atoms with Gasteiger partial charge in [-0.2, -0.15) is 0 Å². The number of hydrogen-bond acceptors (Lipinski definition) is 4.